The summed E-state index contributed by atoms with van der Waals surface area (Å²) in [5, 5.41) is 0. The molecule has 2 aromatic rings. The first-order valence-corrected chi connectivity index (χ1v) is 10.2. The van der Waals surface area contributed by atoms with Gasteiger partial charge >= 0.3 is 0 Å². The van der Waals surface area contributed by atoms with Crippen molar-refractivity contribution < 1.29 is 16.8 Å². The van der Waals surface area contributed by atoms with Gasteiger partial charge in [-0.3, -0.25) is 0 Å². The lowest BCUT2D eigenvalue weighted by Gasteiger charge is -2.06. The van der Waals surface area contributed by atoms with E-state index < -0.39 is 18.9 Å². The van der Waals surface area contributed by atoms with Gasteiger partial charge in [0.1, 0.15) is 0 Å². The first-order valence-electron chi connectivity index (χ1n) is 6.04. The lowest BCUT2D eigenvalue weighted by atomic mass is 10.2. The maximum Gasteiger partial charge on any atom is 0.261 e. The molecule has 0 aromatic heterocycles. The molecule has 0 saturated carbocycles. The third-order valence-electron chi connectivity index (χ3n) is 2.80. The summed E-state index contributed by atoms with van der Waals surface area (Å²) in [7, 11) is -2.00. The van der Waals surface area contributed by atoms with Crippen LogP contribution < -0.4 is 0 Å². The Morgan fingerprint density at radius 2 is 1.33 bits per heavy atom. The summed E-state index contributed by atoms with van der Waals surface area (Å²) < 4.78 is 46.8. The number of halogens is 1. The number of hydrogen-bond donors (Lipinski definition) is 0. The Kier molecular flexibility index (Phi) is 4.70. The fourth-order valence-electron chi connectivity index (χ4n) is 1.92. The zero-order valence-electron chi connectivity index (χ0n) is 10.9. The summed E-state index contributed by atoms with van der Waals surface area (Å²) in [6.45, 7) is 0. The van der Waals surface area contributed by atoms with Gasteiger partial charge in [-0.05, 0) is 23.3 Å². The van der Waals surface area contributed by atoms with E-state index in [1.807, 2.05) is 6.07 Å². The summed E-state index contributed by atoms with van der Waals surface area (Å²) in [6.07, 6.45) is 0. The van der Waals surface area contributed by atoms with E-state index >= 15 is 0 Å². The Morgan fingerprint density at radius 3 is 1.95 bits per heavy atom. The largest absolute Gasteiger partial charge is 0.261 e. The van der Waals surface area contributed by atoms with E-state index in [0.29, 0.717) is 11.1 Å². The number of rotatable bonds is 5. The Labute approximate surface area is 128 Å². The Morgan fingerprint density at radius 1 is 0.762 bits per heavy atom. The molecule has 0 atom stereocenters. The van der Waals surface area contributed by atoms with E-state index in [1.165, 1.54) is 18.2 Å². The van der Waals surface area contributed by atoms with Gasteiger partial charge in [0.05, 0.1) is 16.4 Å². The van der Waals surface area contributed by atoms with Crippen LogP contribution >= 0.6 is 10.7 Å². The Balaban J connectivity index is 2.21. The quantitative estimate of drug-likeness (QED) is 0.782. The lowest BCUT2D eigenvalue weighted by molar-refractivity contribution is 0.594. The first-order chi connectivity index (χ1) is 9.76. The van der Waals surface area contributed by atoms with Crippen molar-refractivity contribution in [2.24, 2.45) is 0 Å². The van der Waals surface area contributed by atoms with Gasteiger partial charge in [0.15, 0.2) is 9.84 Å². The fraction of sp³-hybridized carbons (Fsp3) is 0.143. The molecule has 0 bridgehead atoms. The lowest BCUT2D eigenvalue weighted by Crippen LogP contribution is -2.08. The van der Waals surface area contributed by atoms with Crippen LogP contribution in [0.5, 0.6) is 0 Å². The number of sulfone groups is 1. The molecule has 0 aliphatic carbocycles. The maximum absolute atomic E-state index is 12.1. The molecule has 0 fully saturated rings. The molecular formula is C14H13ClO4S2. The van der Waals surface area contributed by atoms with Gasteiger partial charge in [0.25, 0.3) is 9.05 Å². The van der Waals surface area contributed by atoms with Gasteiger partial charge in [-0.15, -0.1) is 0 Å². The molecule has 0 unspecified atom stereocenters. The highest BCUT2D eigenvalue weighted by Gasteiger charge is 2.16. The Bertz CT molecular complexity index is 828. The summed E-state index contributed by atoms with van der Waals surface area (Å²) in [4.78, 5) is -0.100. The highest BCUT2D eigenvalue weighted by molar-refractivity contribution is 8.13. The predicted octanol–water partition coefficient (Wildman–Crippen LogP) is 2.73. The van der Waals surface area contributed by atoms with Crippen molar-refractivity contribution in [3.63, 3.8) is 0 Å². The first kappa shape index (κ1) is 16.0. The van der Waals surface area contributed by atoms with Crippen molar-refractivity contribution in [1.29, 1.82) is 0 Å². The van der Waals surface area contributed by atoms with Gasteiger partial charge in [-0.25, -0.2) is 16.8 Å². The second-order valence-electron chi connectivity index (χ2n) is 4.60. The Hall–Kier alpha value is -1.37. The van der Waals surface area contributed by atoms with Crippen LogP contribution in [-0.2, 0) is 30.4 Å². The van der Waals surface area contributed by atoms with Crippen molar-refractivity contribution in [3.05, 3.63) is 65.7 Å². The zero-order valence-corrected chi connectivity index (χ0v) is 13.3. The van der Waals surface area contributed by atoms with E-state index in [1.54, 1.807) is 30.3 Å². The third-order valence-corrected chi connectivity index (χ3v) is 5.69. The molecule has 112 valence electrons. The summed E-state index contributed by atoms with van der Waals surface area (Å²) in [5.41, 5.74) is 1.09. The average Bonchev–Trinajstić information content (AvgIpc) is 2.38. The average molecular weight is 345 g/mol. The number of hydrogen-bond acceptors (Lipinski definition) is 4. The van der Waals surface area contributed by atoms with E-state index in [-0.39, 0.29) is 16.4 Å². The zero-order chi connectivity index (χ0) is 15.5. The predicted molar refractivity (Wildman–Crippen MR) is 82.3 cm³/mol. The minimum absolute atomic E-state index is 0.0916. The normalized spacial score (nSPS) is 12.2. The molecular weight excluding hydrogens is 332 g/mol. The molecule has 0 saturated heterocycles. The second-order valence-corrected chi connectivity index (χ2v) is 9.23. The highest BCUT2D eigenvalue weighted by Crippen LogP contribution is 2.19. The van der Waals surface area contributed by atoms with Crippen LogP contribution in [0.2, 0.25) is 0 Å². The summed E-state index contributed by atoms with van der Waals surface area (Å²) >= 11 is 0. The van der Waals surface area contributed by atoms with Crippen LogP contribution in [-0.4, -0.2) is 16.8 Å². The molecule has 2 rings (SSSR count). The summed E-state index contributed by atoms with van der Waals surface area (Å²) in [6, 6.07) is 14.5. The number of benzene rings is 2. The van der Waals surface area contributed by atoms with E-state index in [9.17, 15) is 16.8 Å². The van der Waals surface area contributed by atoms with Gasteiger partial charge in [-0.2, -0.15) is 0 Å². The van der Waals surface area contributed by atoms with Crippen LogP contribution in [0.3, 0.4) is 0 Å². The monoisotopic (exact) mass is 344 g/mol. The molecule has 0 N–H and O–H groups in total. The van der Waals surface area contributed by atoms with Gasteiger partial charge in [0, 0.05) is 10.7 Å². The van der Waals surface area contributed by atoms with Crippen LogP contribution in [0.4, 0.5) is 0 Å². The smallest absolute Gasteiger partial charge is 0.228 e. The van der Waals surface area contributed by atoms with Crippen molar-refractivity contribution in [3.8, 4) is 0 Å². The van der Waals surface area contributed by atoms with E-state index in [2.05, 4.69) is 0 Å². The fourth-order valence-corrected chi connectivity index (χ4v) is 4.23. The van der Waals surface area contributed by atoms with E-state index in [4.69, 9.17) is 10.7 Å². The van der Waals surface area contributed by atoms with Crippen molar-refractivity contribution in [1.82, 2.24) is 0 Å². The van der Waals surface area contributed by atoms with Crippen molar-refractivity contribution >= 4 is 29.6 Å². The van der Waals surface area contributed by atoms with Crippen molar-refractivity contribution in [2.75, 3.05) is 0 Å². The minimum Gasteiger partial charge on any atom is -0.228 e. The molecule has 0 spiro atoms. The molecule has 0 heterocycles. The molecule has 0 aliphatic rings. The van der Waals surface area contributed by atoms with E-state index in [0.717, 1.165) is 0 Å². The molecule has 4 nitrogen and oxygen atoms in total. The topological polar surface area (TPSA) is 68.3 Å². The van der Waals surface area contributed by atoms with Gasteiger partial charge < -0.3 is 0 Å². The molecule has 0 amide bonds. The molecule has 2 aromatic carbocycles. The molecule has 21 heavy (non-hydrogen) atoms. The molecule has 7 heteroatoms. The van der Waals surface area contributed by atoms with Gasteiger partial charge in [-0.1, -0.05) is 42.5 Å². The third kappa shape index (κ3) is 4.84. The van der Waals surface area contributed by atoms with Crippen LogP contribution in [0.15, 0.2) is 59.5 Å². The highest BCUT2D eigenvalue weighted by atomic mass is 35.7. The van der Waals surface area contributed by atoms with Crippen LogP contribution in [0, 0.1) is 0 Å². The summed E-state index contributed by atoms with van der Waals surface area (Å²) in [5.74, 6) is -0.326. The minimum atomic E-state index is -3.86. The maximum atomic E-state index is 12.1. The van der Waals surface area contributed by atoms with Gasteiger partial charge in [0.2, 0.25) is 0 Å². The standard InChI is InChI=1S/C14H13ClO4S2/c15-21(18,19)14-8-4-7-13(9-14)11-20(16,17)10-12-5-2-1-3-6-12/h1-9H,10-11H2. The van der Waals surface area contributed by atoms with Crippen LogP contribution in [0.25, 0.3) is 0 Å². The van der Waals surface area contributed by atoms with Crippen LogP contribution in [0.1, 0.15) is 11.1 Å². The SMILES string of the molecule is O=S(=O)(Cc1ccccc1)Cc1cccc(S(=O)(=O)Cl)c1. The molecule has 0 aliphatic heterocycles. The van der Waals surface area contributed by atoms with Crippen molar-refractivity contribution in [2.45, 2.75) is 16.4 Å². The second kappa shape index (κ2) is 6.17. The molecule has 0 radical (unpaired) electrons.